The van der Waals surface area contributed by atoms with Gasteiger partial charge in [-0.05, 0) is 68.1 Å². The Morgan fingerprint density at radius 2 is 1.59 bits per heavy atom. The molecule has 208 valence electrons. The molecule has 0 saturated carbocycles. The summed E-state index contributed by atoms with van der Waals surface area (Å²) in [4.78, 5) is 28.6. The van der Waals surface area contributed by atoms with Crippen LogP contribution in [0.1, 0.15) is 37.5 Å². The summed E-state index contributed by atoms with van der Waals surface area (Å²) in [7, 11) is -4.10. The fourth-order valence-electron chi connectivity index (χ4n) is 4.00. The lowest BCUT2D eigenvalue weighted by Gasteiger charge is -2.32. The van der Waals surface area contributed by atoms with Crippen LogP contribution in [-0.4, -0.2) is 44.3 Å². The third-order valence-electron chi connectivity index (χ3n) is 6.44. The third-order valence-corrected chi connectivity index (χ3v) is 8.72. The predicted octanol–water partition coefficient (Wildman–Crippen LogP) is 5.45. The van der Waals surface area contributed by atoms with Crippen molar-refractivity contribution in [3.05, 3.63) is 94.0 Å². The van der Waals surface area contributed by atoms with E-state index in [2.05, 4.69) is 21.2 Å². The van der Waals surface area contributed by atoms with Gasteiger partial charge in [0.2, 0.25) is 11.8 Å². The van der Waals surface area contributed by atoms with Crippen molar-refractivity contribution in [2.45, 2.75) is 52.1 Å². The summed E-state index contributed by atoms with van der Waals surface area (Å²) in [5.74, 6) is -0.532. The van der Waals surface area contributed by atoms with Gasteiger partial charge in [-0.3, -0.25) is 13.9 Å². The van der Waals surface area contributed by atoms with Crippen molar-refractivity contribution in [2.75, 3.05) is 17.4 Å². The van der Waals surface area contributed by atoms with Gasteiger partial charge in [-0.25, -0.2) is 8.42 Å². The van der Waals surface area contributed by atoms with Crippen LogP contribution >= 0.6 is 15.9 Å². The largest absolute Gasteiger partial charge is 0.354 e. The first-order chi connectivity index (χ1) is 18.4. The van der Waals surface area contributed by atoms with Crippen LogP contribution in [0.15, 0.2) is 82.2 Å². The van der Waals surface area contributed by atoms with Gasteiger partial charge >= 0.3 is 0 Å². The first-order valence-corrected chi connectivity index (χ1v) is 15.1. The number of nitrogens with one attached hydrogen (secondary N) is 1. The summed E-state index contributed by atoms with van der Waals surface area (Å²) < 4.78 is 29.5. The quantitative estimate of drug-likeness (QED) is 0.311. The number of carbonyl (C=O) groups is 2. The Morgan fingerprint density at radius 1 is 0.923 bits per heavy atom. The molecular formula is C30H36BrN3O4S. The van der Waals surface area contributed by atoms with Crippen LogP contribution in [0.2, 0.25) is 0 Å². The third kappa shape index (κ3) is 7.92. The molecule has 0 aliphatic carbocycles. The molecule has 0 spiro atoms. The number of benzene rings is 3. The molecule has 0 bridgehead atoms. The predicted molar refractivity (Wildman–Crippen MR) is 159 cm³/mol. The molecule has 3 aromatic carbocycles. The fourth-order valence-corrected chi connectivity index (χ4v) is 5.80. The van der Waals surface area contributed by atoms with E-state index in [1.165, 1.54) is 17.0 Å². The smallest absolute Gasteiger partial charge is 0.264 e. The first-order valence-electron chi connectivity index (χ1n) is 12.9. The van der Waals surface area contributed by atoms with Crippen molar-refractivity contribution in [2.24, 2.45) is 5.92 Å². The Kier molecular flexibility index (Phi) is 10.3. The molecule has 1 atom stereocenters. The highest BCUT2D eigenvalue weighted by atomic mass is 79.9. The van der Waals surface area contributed by atoms with Gasteiger partial charge < -0.3 is 10.2 Å². The maximum atomic E-state index is 14.0. The van der Waals surface area contributed by atoms with Crippen LogP contribution < -0.4 is 9.62 Å². The van der Waals surface area contributed by atoms with Crippen LogP contribution in [0, 0.1) is 19.8 Å². The molecule has 0 aliphatic heterocycles. The molecule has 3 rings (SSSR count). The molecule has 0 fully saturated rings. The lowest BCUT2D eigenvalue weighted by atomic mass is 10.1. The van der Waals surface area contributed by atoms with E-state index in [0.29, 0.717) is 16.7 Å². The number of hydrogen-bond acceptors (Lipinski definition) is 4. The lowest BCUT2D eigenvalue weighted by Crippen LogP contribution is -2.51. The second-order valence-corrected chi connectivity index (χ2v) is 12.8. The van der Waals surface area contributed by atoms with Gasteiger partial charge in [0, 0.05) is 17.6 Å². The number of sulfonamides is 1. The van der Waals surface area contributed by atoms with Crippen molar-refractivity contribution in [1.29, 1.82) is 0 Å². The van der Waals surface area contributed by atoms with Crippen LogP contribution in [0.25, 0.3) is 0 Å². The van der Waals surface area contributed by atoms with E-state index in [9.17, 15) is 18.0 Å². The minimum atomic E-state index is -4.10. The molecule has 0 heterocycles. The van der Waals surface area contributed by atoms with Gasteiger partial charge in [0.1, 0.15) is 12.6 Å². The van der Waals surface area contributed by atoms with Crippen LogP contribution in [-0.2, 0) is 26.2 Å². The van der Waals surface area contributed by atoms with Gasteiger partial charge in [0.05, 0.1) is 10.6 Å². The minimum Gasteiger partial charge on any atom is -0.354 e. The van der Waals surface area contributed by atoms with Crippen molar-refractivity contribution < 1.29 is 18.0 Å². The van der Waals surface area contributed by atoms with Crippen molar-refractivity contribution in [3.63, 3.8) is 0 Å². The van der Waals surface area contributed by atoms with E-state index < -0.39 is 28.5 Å². The second-order valence-electron chi connectivity index (χ2n) is 10.1. The summed E-state index contributed by atoms with van der Waals surface area (Å²) in [6.45, 7) is 9.64. The molecule has 0 saturated heterocycles. The van der Waals surface area contributed by atoms with Gasteiger partial charge in [0.25, 0.3) is 10.0 Å². The van der Waals surface area contributed by atoms with Gasteiger partial charge in [-0.15, -0.1) is 0 Å². The molecule has 3 aromatic rings. The Hall–Kier alpha value is -3.17. The summed E-state index contributed by atoms with van der Waals surface area (Å²) in [5.41, 5.74) is 3.11. The zero-order valence-electron chi connectivity index (χ0n) is 23.0. The second kappa shape index (κ2) is 13.3. The maximum Gasteiger partial charge on any atom is 0.264 e. The van der Waals surface area contributed by atoms with E-state index in [1.54, 1.807) is 43.3 Å². The molecule has 7 nitrogen and oxygen atoms in total. The fraction of sp³-hybridized carbons (Fsp3) is 0.333. The molecule has 9 heteroatoms. The number of carbonyl (C=O) groups excluding carboxylic acids is 2. The summed E-state index contributed by atoms with van der Waals surface area (Å²) in [5, 5.41) is 2.90. The van der Waals surface area contributed by atoms with Crippen molar-refractivity contribution in [3.8, 4) is 0 Å². The topological polar surface area (TPSA) is 86.8 Å². The van der Waals surface area contributed by atoms with E-state index in [0.717, 1.165) is 21.0 Å². The standard InChI is InChI=1S/C30H36BrN3O4S/c1-21(2)18-32-30(36)24(5)33(19-25-10-7-6-9-23(25)4)29(35)20-34(27-12-8-11-26(31)17-27)39(37,38)28-15-13-22(3)14-16-28/h6-17,21,24H,18-20H2,1-5H3,(H,32,36)/t24-/m1/s1. The molecule has 2 amide bonds. The number of rotatable bonds is 11. The molecule has 0 aromatic heterocycles. The molecule has 1 N–H and O–H groups in total. The monoisotopic (exact) mass is 613 g/mol. The van der Waals surface area contributed by atoms with Crippen LogP contribution in [0.3, 0.4) is 0 Å². The van der Waals surface area contributed by atoms with Gasteiger partial charge in [-0.1, -0.05) is 77.8 Å². The average molecular weight is 615 g/mol. The van der Waals surface area contributed by atoms with E-state index in [-0.39, 0.29) is 23.3 Å². The Morgan fingerprint density at radius 3 is 2.21 bits per heavy atom. The molecule has 0 unspecified atom stereocenters. The van der Waals surface area contributed by atoms with E-state index in [4.69, 9.17) is 0 Å². The first kappa shape index (κ1) is 30.4. The van der Waals surface area contributed by atoms with Crippen molar-refractivity contribution in [1.82, 2.24) is 10.2 Å². The Balaban J connectivity index is 2.02. The van der Waals surface area contributed by atoms with Gasteiger partial charge in [-0.2, -0.15) is 0 Å². The number of nitrogens with zero attached hydrogens (tertiary/aromatic N) is 2. The van der Waals surface area contributed by atoms with Crippen LogP contribution in [0.4, 0.5) is 5.69 Å². The summed E-state index contributed by atoms with van der Waals surface area (Å²) >= 11 is 3.41. The zero-order chi connectivity index (χ0) is 28.7. The molecular weight excluding hydrogens is 578 g/mol. The molecule has 39 heavy (non-hydrogen) atoms. The van der Waals surface area contributed by atoms with Gasteiger partial charge in [0.15, 0.2) is 0 Å². The normalized spacial score (nSPS) is 12.2. The Bertz CT molecular complexity index is 1410. The van der Waals surface area contributed by atoms with E-state index >= 15 is 0 Å². The van der Waals surface area contributed by atoms with Crippen LogP contribution in [0.5, 0.6) is 0 Å². The zero-order valence-corrected chi connectivity index (χ0v) is 25.4. The average Bonchev–Trinajstić information content (AvgIpc) is 2.89. The molecule has 0 aliphatic rings. The maximum absolute atomic E-state index is 14.0. The number of hydrogen-bond donors (Lipinski definition) is 1. The van der Waals surface area contributed by atoms with E-state index in [1.807, 2.05) is 52.0 Å². The highest BCUT2D eigenvalue weighted by molar-refractivity contribution is 9.10. The summed E-state index contributed by atoms with van der Waals surface area (Å²) in [6.07, 6.45) is 0. The number of amides is 2. The number of aryl methyl sites for hydroxylation is 2. The number of anilines is 1. The minimum absolute atomic E-state index is 0.0778. The van der Waals surface area contributed by atoms with Crippen molar-refractivity contribution >= 4 is 43.5 Å². The SMILES string of the molecule is Cc1ccc(S(=O)(=O)N(CC(=O)N(Cc2ccccc2C)[C@H](C)C(=O)NCC(C)C)c2cccc(Br)c2)cc1. The Labute approximate surface area is 240 Å². The highest BCUT2D eigenvalue weighted by Crippen LogP contribution is 2.27. The highest BCUT2D eigenvalue weighted by Gasteiger charge is 2.32. The summed E-state index contributed by atoms with van der Waals surface area (Å²) in [6, 6.07) is 20.1. The lowest BCUT2D eigenvalue weighted by molar-refractivity contribution is -0.139. The molecule has 0 radical (unpaired) electrons. The number of halogens is 1.